The van der Waals surface area contributed by atoms with Gasteiger partial charge in [0.15, 0.2) is 5.13 Å². The van der Waals surface area contributed by atoms with E-state index < -0.39 is 24.5 Å². The van der Waals surface area contributed by atoms with E-state index in [4.69, 9.17) is 0 Å². The summed E-state index contributed by atoms with van der Waals surface area (Å²) in [5, 5.41) is 17.3. The molecule has 0 spiro atoms. The Morgan fingerprint density at radius 1 is 1.25 bits per heavy atom. The minimum atomic E-state index is -1.08. The van der Waals surface area contributed by atoms with Gasteiger partial charge in [0.25, 0.3) is 11.8 Å². The molecule has 1 atom stereocenters. The highest BCUT2D eigenvalue weighted by Crippen LogP contribution is 2.13. The molecule has 3 aromatic rings. The summed E-state index contributed by atoms with van der Waals surface area (Å²) in [6, 6.07) is 8.01. The lowest BCUT2D eigenvalue weighted by Gasteiger charge is -2.15. The second-order valence-corrected chi connectivity index (χ2v) is 5.85. The fourth-order valence-electron chi connectivity index (χ4n) is 2.11. The number of nitrogens with one attached hydrogen (secondary N) is 2. The fraction of sp³-hybridized carbons (Fsp3) is 0.125. The van der Waals surface area contributed by atoms with Crippen molar-refractivity contribution < 1.29 is 14.7 Å². The number of amides is 2. The third-order valence-electron chi connectivity index (χ3n) is 3.32. The molecule has 1 unspecified atom stereocenters. The maximum Gasteiger partial charge on any atom is 0.253 e. The van der Waals surface area contributed by atoms with Gasteiger partial charge in [-0.25, -0.2) is 4.98 Å². The van der Waals surface area contributed by atoms with Crippen molar-refractivity contribution in [3.63, 3.8) is 0 Å². The van der Waals surface area contributed by atoms with Gasteiger partial charge in [0.05, 0.1) is 17.7 Å². The minimum absolute atomic E-state index is 0.314. The van der Waals surface area contributed by atoms with Crippen LogP contribution in [0, 0.1) is 0 Å². The van der Waals surface area contributed by atoms with E-state index >= 15 is 0 Å². The normalized spacial score (nSPS) is 11.9. The third-order valence-corrected chi connectivity index (χ3v) is 4.01. The van der Waals surface area contributed by atoms with E-state index in [0.29, 0.717) is 10.7 Å². The van der Waals surface area contributed by atoms with Gasteiger partial charge >= 0.3 is 0 Å². The molecule has 2 aromatic heterocycles. The van der Waals surface area contributed by atoms with E-state index in [1.807, 2.05) is 24.3 Å². The molecular formula is C16H14N4O3S. The minimum Gasteiger partial charge on any atom is -0.394 e. The first-order chi connectivity index (χ1) is 11.7. The van der Waals surface area contributed by atoms with Crippen LogP contribution < -0.4 is 10.6 Å². The Morgan fingerprint density at radius 3 is 2.83 bits per heavy atom. The van der Waals surface area contributed by atoms with Gasteiger partial charge in [0.1, 0.15) is 6.04 Å². The average Bonchev–Trinajstić information content (AvgIpc) is 3.11. The van der Waals surface area contributed by atoms with Crippen LogP contribution in [0.3, 0.4) is 0 Å². The molecular weight excluding hydrogens is 328 g/mol. The lowest BCUT2D eigenvalue weighted by atomic mass is 10.1. The molecule has 0 aliphatic carbocycles. The molecule has 2 heterocycles. The van der Waals surface area contributed by atoms with Crippen molar-refractivity contribution in [1.29, 1.82) is 0 Å². The maximum absolute atomic E-state index is 12.3. The van der Waals surface area contributed by atoms with Crippen LogP contribution in [0.15, 0.2) is 48.1 Å². The Morgan fingerprint density at radius 2 is 2.08 bits per heavy atom. The number of hydrogen-bond acceptors (Lipinski definition) is 6. The number of aromatic nitrogens is 2. The van der Waals surface area contributed by atoms with Gasteiger partial charge in [-0.1, -0.05) is 18.2 Å². The van der Waals surface area contributed by atoms with Crippen LogP contribution in [0.5, 0.6) is 0 Å². The summed E-state index contributed by atoms with van der Waals surface area (Å²) < 4.78 is 0. The topological polar surface area (TPSA) is 104 Å². The molecule has 2 amide bonds. The molecule has 0 fully saturated rings. The van der Waals surface area contributed by atoms with E-state index in [9.17, 15) is 14.7 Å². The molecule has 0 saturated heterocycles. The van der Waals surface area contributed by atoms with Gasteiger partial charge < -0.3 is 15.7 Å². The van der Waals surface area contributed by atoms with Crippen LogP contribution in [0.4, 0.5) is 5.13 Å². The molecule has 3 N–H and O–H groups in total. The molecule has 1 aromatic carbocycles. The number of anilines is 1. The van der Waals surface area contributed by atoms with Gasteiger partial charge in [-0.05, 0) is 12.1 Å². The summed E-state index contributed by atoms with van der Waals surface area (Å²) in [7, 11) is 0. The predicted octanol–water partition coefficient (Wildman–Crippen LogP) is 1.42. The molecule has 7 nitrogen and oxygen atoms in total. The summed E-state index contributed by atoms with van der Waals surface area (Å²) in [6.07, 6.45) is 2.98. The molecule has 3 rings (SSSR count). The Hall–Kier alpha value is -2.84. The van der Waals surface area contributed by atoms with Crippen LogP contribution in [-0.2, 0) is 4.79 Å². The standard InChI is InChI=1S/C16H14N4O3S/c21-9-13(15(23)20-16-17-5-6-24-16)19-14(22)11-7-10-3-1-2-4-12(10)18-8-11/h1-8,13,21H,9H2,(H,19,22)(H,17,20,23). The van der Waals surface area contributed by atoms with Crippen LogP contribution in [0.2, 0.25) is 0 Å². The second kappa shape index (κ2) is 7.16. The number of fused-ring (bicyclic) bond motifs is 1. The zero-order valence-electron chi connectivity index (χ0n) is 12.5. The molecule has 0 aliphatic rings. The lowest BCUT2D eigenvalue weighted by molar-refractivity contribution is -0.118. The van der Waals surface area contributed by atoms with Gasteiger partial charge in [-0.3, -0.25) is 14.6 Å². The number of aliphatic hydroxyl groups excluding tert-OH is 1. The highest BCUT2D eigenvalue weighted by Gasteiger charge is 2.21. The van der Waals surface area contributed by atoms with E-state index in [1.54, 1.807) is 17.6 Å². The monoisotopic (exact) mass is 342 g/mol. The Kier molecular flexibility index (Phi) is 4.78. The van der Waals surface area contributed by atoms with Crippen LogP contribution in [0.1, 0.15) is 10.4 Å². The summed E-state index contributed by atoms with van der Waals surface area (Å²) in [6.45, 7) is -0.524. The Balaban J connectivity index is 1.72. The number of rotatable bonds is 5. The number of benzene rings is 1. The number of thiazole rings is 1. The number of para-hydroxylation sites is 1. The summed E-state index contributed by atoms with van der Waals surface area (Å²) >= 11 is 1.25. The smallest absolute Gasteiger partial charge is 0.253 e. The van der Waals surface area contributed by atoms with E-state index in [-0.39, 0.29) is 0 Å². The van der Waals surface area contributed by atoms with Crippen LogP contribution >= 0.6 is 11.3 Å². The van der Waals surface area contributed by atoms with Crippen molar-refractivity contribution in [3.05, 3.63) is 53.7 Å². The number of aliphatic hydroxyl groups is 1. The maximum atomic E-state index is 12.3. The summed E-state index contributed by atoms with van der Waals surface area (Å²) in [4.78, 5) is 32.5. The number of carbonyl (C=O) groups is 2. The molecule has 24 heavy (non-hydrogen) atoms. The Labute approximate surface area is 141 Å². The van der Waals surface area contributed by atoms with E-state index in [0.717, 1.165) is 10.9 Å². The van der Waals surface area contributed by atoms with Crippen molar-refractivity contribution in [2.45, 2.75) is 6.04 Å². The second-order valence-electron chi connectivity index (χ2n) is 4.95. The number of hydrogen-bond donors (Lipinski definition) is 3. The van der Waals surface area contributed by atoms with Crippen molar-refractivity contribution in [3.8, 4) is 0 Å². The van der Waals surface area contributed by atoms with E-state index in [1.165, 1.54) is 17.5 Å². The summed E-state index contributed by atoms with van der Waals surface area (Å²) in [5.74, 6) is -1.02. The van der Waals surface area contributed by atoms with Gasteiger partial charge in [-0.2, -0.15) is 0 Å². The van der Waals surface area contributed by atoms with Gasteiger partial charge in [0.2, 0.25) is 0 Å². The first kappa shape index (κ1) is 16.0. The quantitative estimate of drug-likeness (QED) is 0.650. The number of carbonyl (C=O) groups excluding carboxylic acids is 2. The predicted molar refractivity (Wildman–Crippen MR) is 90.8 cm³/mol. The molecule has 122 valence electrons. The highest BCUT2D eigenvalue weighted by atomic mass is 32.1. The average molecular weight is 342 g/mol. The van der Waals surface area contributed by atoms with Crippen molar-refractivity contribution >= 4 is 39.2 Å². The van der Waals surface area contributed by atoms with E-state index in [2.05, 4.69) is 20.6 Å². The number of pyridine rings is 1. The third kappa shape index (κ3) is 3.55. The first-order valence-corrected chi connectivity index (χ1v) is 8.02. The van der Waals surface area contributed by atoms with Crippen molar-refractivity contribution in [2.75, 3.05) is 11.9 Å². The lowest BCUT2D eigenvalue weighted by Crippen LogP contribution is -2.46. The molecule has 0 bridgehead atoms. The molecule has 0 radical (unpaired) electrons. The van der Waals surface area contributed by atoms with Gasteiger partial charge in [0, 0.05) is 23.2 Å². The molecule has 0 aliphatic heterocycles. The summed E-state index contributed by atoms with van der Waals surface area (Å²) in [5.41, 5.74) is 1.09. The van der Waals surface area contributed by atoms with Crippen molar-refractivity contribution in [1.82, 2.24) is 15.3 Å². The molecule has 0 saturated carbocycles. The number of nitrogens with zero attached hydrogens (tertiary/aromatic N) is 2. The first-order valence-electron chi connectivity index (χ1n) is 7.14. The zero-order chi connectivity index (χ0) is 16.9. The van der Waals surface area contributed by atoms with Crippen LogP contribution in [0.25, 0.3) is 10.9 Å². The largest absolute Gasteiger partial charge is 0.394 e. The zero-order valence-corrected chi connectivity index (χ0v) is 13.3. The van der Waals surface area contributed by atoms with Crippen molar-refractivity contribution in [2.24, 2.45) is 0 Å². The Bertz CT molecular complexity index is 867. The SMILES string of the molecule is O=C(NC(CO)C(=O)Nc1nccs1)c1cnc2ccccc2c1. The molecule has 8 heteroatoms. The fourth-order valence-corrected chi connectivity index (χ4v) is 2.64. The van der Waals surface area contributed by atoms with Gasteiger partial charge in [-0.15, -0.1) is 11.3 Å². The highest BCUT2D eigenvalue weighted by molar-refractivity contribution is 7.13. The van der Waals surface area contributed by atoms with Crippen LogP contribution in [-0.4, -0.2) is 39.5 Å².